The number of hydrogen-bond acceptors (Lipinski definition) is 7. The van der Waals surface area contributed by atoms with Gasteiger partial charge in [-0.3, -0.25) is 19.7 Å². The lowest BCUT2D eigenvalue weighted by Gasteiger charge is -2.24. The Morgan fingerprint density at radius 2 is 1.87 bits per heavy atom. The predicted octanol–water partition coefficient (Wildman–Crippen LogP) is 0.275. The Morgan fingerprint density at radius 3 is 2.45 bits per heavy atom. The lowest BCUT2D eigenvalue weighted by molar-refractivity contribution is -0.166. The summed E-state index contributed by atoms with van der Waals surface area (Å²) in [4.78, 5) is 39.9. The molecule has 3 atom stereocenters. The van der Waals surface area contributed by atoms with E-state index in [1.54, 1.807) is 17.0 Å². The number of anilines is 2. The summed E-state index contributed by atoms with van der Waals surface area (Å²) in [5, 5.41) is 19.0. The smallest absolute Gasteiger partial charge is 0.414 e. The number of cyclic esters (lactones) is 1. The number of carbonyl (C=O) groups is 3. The van der Waals surface area contributed by atoms with Gasteiger partial charge in [-0.05, 0) is 18.2 Å². The maximum atomic E-state index is 14.9. The third kappa shape index (κ3) is 4.15. The van der Waals surface area contributed by atoms with E-state index in [0.29, 0.717) is 42.6 Å². The molecule has 3 aliphatic rings. The lowest BCUT2D eigenvalue weighted by Crippen LogP contribution is -2.35. The second kappa shape index (κ2) is 8.31. The molecule has 2 N–H and O–H groups in total. The summed E-state index contributed by atoms with van der Waals surface area (Å²) in [7, 11) is 0. The third-order valence-electron chi connectivity index (χ3n) is 6.17. The van der Waals surface area contributed by atoms with Crippen molar-refractivity contribution in [3.05, 3.63) is 24.0 Å². The Kier molecular flexibility index (Phi) is 5.71. The minimum absolute atomic E-state index is 0.0878. The number of aliphatic hydroxyl groups is 1. The molecular formula is C20H25FN4O6. The van der Waals surface area contributed by atoms with Crippen molar-refractivity contribution in [1.82, 2.24) is 9.96 Å². The van der Waals surface area contributed by atoms with E-state index in [4.69, 9.17) is 9.84 Å². The molecule has 0 radical (unpaired) electrons. The van der Waals surface area contributed by atoms with Gasteiger partial charge in [0.2, 0.25) is 11.8 Å². The van der Waals surface area contributed by atoms with Gasteiger partial charge in [0.25, 0.3) is 0 Å². The summed E-state index contributed by atoms with van der Waals surface area (Å²) in [6.45, 7) is 2.96. The first-order valence-corrected chi connectivity index (χ1v) is 10.1. The highest BCUT2D eigenvalue weighted by Gasteiger charge is 2.42. The molecule has 168 valence electrons. The highest BCUT2D eigenvalue weighted by atomic mass is 19.1. The molecule has 31 heavy (non-hydrogen) atoms. The van der Waals surface area contributed by atoms with Crippen LogP contribution in [-0.4, -0.2) is 90.2 Å². The van der Waals surface area contributed by atoms with Crippen molar-refractivity contribution in [1.29, 1.82) is 0 Å². The number of hydrogen-bond donors (Lipinski definition) is 2. The summed E-state index contributed by atoms with van der Waals surface area (Å²) < 4.78 is 20.1. The van der Waals surface area contributed by atoms with Gasteiger partial charge in [-0.25, -0.2) is 14.2 Å². The molecule has 3 fully saturated rings. The molecule has 0 bridgehead atoms. The lowest BCUT2D eigenvalue weighted by atomic mass is 10.0. The first-order chi connectivity index (χ1) is 14.8. The standard InChI is InChI=1S/C20H25FN4O6/c1-12(27)25(30)10-16-9-24(20(29)31-16)15-2-3-18(17(21)4-15)22-5-13-7-23(19(28)11-26)8-14(13)6-22/h2-4,13-14,16,26,30H,5-11H2,1H3/t13-,14+,16?. The van der Waals surface area contributed by atoms with Crippen molar-refractivity contribution in [2.24, 2.45) is 11.8 Å². The van der Waals surface area contributed by atoms with Crippen LogP contribution in [0.1, 0.15) is 6.92 Å². The summed E-state index contributed by atoms with van der Waals surface area (Å²) >= 11 is 0. The van der Waals surface area contributed by atoms with Gasteiger partial charge in [0.15, 0.2) is 0 Å². The fourth-order valence-corrected chi connectivity index (χ4v) is 4.56. The second-order valence-electron chi connectivity index (χ2n) is 8.24. The van der Waals surface area contributed by atoms with Crippen LogP contribution in [0.3, 0.4) is 0 Å². The Bertz CT molecular complexity index is 884. The van der Waals surface area contributed by atoms with Gasteiger partial charge in [-0.1, -0.05) is 0 Å². The van der Waals surface area contributed by atoms with Gasteiger partial charge in [0, 0.05) is 44.9 Å². The first kappa shape index (κ1) is 21.3. The van der Waals surface area contributed by atoms with E-state index in [-0.39, 0.29) is 30.8 Å². The van der Waals surface area contributed by atoms with E-state index in [9.17, 15) is 24.0 Å². The monoisotopic (exact) mass is 436 g/mol. The van der Waals surface area contributed by atoms with Crippen molar-refractivity contribution < 1.29 is 33.8 Å². The summed E-state index contributed by atoms with van der Waals surface area (Å²) in [6, 6.07) is 4.53. The van der Waals surface area contributed by atoms with E-state index in [2.05, 4.69) is 0 Å². The topological polar surface area (TPSA) is 114 Å². The highest BCUT2D eigenvalue weighted by Crippen LogP contribution is 2.36. The maximum Gasteiger partial charge on any atom is 0.414 e. The predicted molar refractivity (Wildman–Crippen MR) is 106 cm³/mol. The van der Waals surface area contributed by atoms with Crippen LogP contribution in [-0.2, 0) is 14.3 Å². The Morgan fingerprint density at radius 1 is 1.19 bits per heavy atom. The molecule has 0 saturated carbocycles. The number of hydroxylamine groups is 2. The van der Waals surface area contributed by atoms with Crippen molar-refractivity contribution in [2.75, 3.05) is 55.7 Å². The van der Waals surface area contributed by atoms with Crippen LogP contribution in [0, 0.1) is 17.7 Å². The zero-order chi connectivity index (χ0) is 22.3. The maximum absolute atomic E-state index is 14.9. The normalized spacial score (nSPS) is 25.1. The fourth-order valence-electron chi connectivity index (χ4n) is 4.56. The van der Waals surface area contributed by atoms with E-state index in [1.165, 1.54) is 17.9 Å². The largest absolute Gasteiger partial charge is 0.442 e. The third-order valence-corrected chi connectivity index (χ3v) is 6.17. The van der Waals surface area contributed by atoms with E-state index in [0.717, 1.165) is 0 Å². The average molecular weight is 436 g/mol. The quantitative estimate of drug-likeness (QED) is 0.503. The summed E-state index contributed by atoms with van der Waals surface area (Å²) in [5.41, 5.74) is 0.764. The van der Waals surface area contributed by atoms with Gasteiger partial charge in [0.05, 0.1) is 24.5 Å². The van der Waals surface area contributed by atoms with Gasteiger partial charge in [-0.15, -0.1) is 0 Å². The molecule has 10 nitrogen and oxygen atoms in total. The van der Waals surface area contributed by atoms with Crippen LogP contribution in [0.5, 0.6) is 0 Å². The number of carbonyl (C=O) groups excluding carboxylic acids is 3. The van der Waals surface area contributed by atoms with Crippen molar-refractivity contribution in [3.8, 4) is 0 Å². The minimum Gasteiger partial charge on any atom is -0.442 e. The number of benzene rings is 1. The van der Waals surface area contributed by atoms with E-state index in [1.807, 2.05) is 4.90 Å². The van der Waals surface area contributed by atoms with Crippen molar-refractivity contribution in [2.45, 2.75) is 13.0 Å². The Labute approximate surface area is 178 Å². The Balaban J connectivity index is 1.40. The Hall–Kier alpha value is -2.92. The van der Waals surface area contributed by atoms with Crippen LogP contribution < -0.4 is 9.80 Å². The molecule has 3 aliphatic heterocycles. The van der Waals surface area contributed by atoms with Gasteiger partial charge in [0.1, 0.15) is 18.5 Å². The second-order valence-corrected chi connectivity index (χ2v) is 8.24. The number of rotatable bonds is 5. The molecule has 3 saturated heterocycles. The number of amides is 3. The van der Waals surface area contributed by atoms with Crippen molar-refractivity contribution >= 4 is 29.3 Å². The van der Waals surface area contributed by atoms with Crippen LogP contribution in [0.2, 0.25) is 0 Å². The SMILES string of the molecule is CC(=O)N(O)CC1CN(c2ccc(N3C[C@H]4CN(C(=O)CO)C[C@H]4C3)c(F)c2)C(=O)O1. The molecule has 1 aromatic carbocycles. The van der Waals surface area contributed by atoms with Crippen molar-refractivity contribution in [3.63, 3.8) is 0 Å². The zero-order valence-electron chi connectivity index (χ0n) is 17.1. The highest BCUT2D eigenvalue weighted by molar-refractivity contribution is 5.90. The molecule has 1 unspecified atom stereocenters. The average Bonchev–Trinajstić information content (AvgIpc) is 3.40. The minimum atomic E-state index is -0.716. The van der Waals surface area contributed by atoms with Gasteiger partial charge >= 0.3 is 6.09 Å². The molecule has 0 aromatic heterocycles. The van der Waals surface area contributed by atoms with Crippen LogP contribution in [0.15, 0.2) is 18.2 Å². The molecule has 11 heteroatoms. The molecule has 3 heterocycles. The fraction of sp³-hybridized carbons (Fsp3) is 0.550. The molecule has 3 amide bonds. The molecule has 0 aliphatic carbocycles. The zero-order valence-corrected chi connectivity index (χ0v) is 17.1. The molecular weight excluding hydrogens is 411 g/mol. The van der Waals surface area contributed by atoms with E-state index < -0.39 is 30.5 Å². The van der Waals surface area contributed by atoms with Crippen LogP contribution in [0.4, 0.5) is 20.6 Å². The number of likely N-dealkylation sites (tertiary alicyclic amines) is 1. The van der Waals surface area contributed by atoms with Gasteiger partial charge < -0.3 is 19.6 Å². The van der Waals surface area contributed by atoms with E-state index >= 15 is 0 Å². The number of fused-ring (bicyclic) bond motifs is 1. The number of ether oxygens (including phenoxy) is 1. The molecule has 0 spiro atoms. The van der Waals surface area contributed by atoms with Crippen LogP contribution >= 0.6 is 0 Å². The summed E-state index contributed by atoms with van der Waals surface area (Å²) in [5.74, 6) is -0.855. The number of aliphatic hydroxyl groups excluding tert-OH is 1. The van der Waals surface area contributed by atoms with Crippen LogP contribution in [0.25, 0.3) is 0 Å². The first-order valence-electron chi connectivity index (χ1n) is 10.1. The molecule has 4 rings (SSSR count). The number of halogens is 1. The molecule has 1 aromatic rings. The van der Waals surface area contributed by atoms with Gasteiger partial charge in [-0.2, -0.15) is 0 Å². The number of nitrogens with zero attached hydrogens (tertiary/aromatic N) is 4. The summed E-state index contributed by atoms with van der Waals surface area (Å²) in [6.07, 6.45) is -1.38.